The van der Waals surface area contributed by atoms with E-state index in [0.29, 0.717) is 19.1 Å². The second-order valence-corrected chi connectivity index (χ2v) is 4.91. The van der Waals surface area contributed by atoms with E-state index in [2.05, 4.69) is 5.43 Å². The summed E-state index contributed by atoms with van der Waals surface area (Å²) in [5.74, 6) is 5.34. The maximum Gasteiger partial charge on any atom is 0.410 e. The number of piperidine rings is 1. The van der Waals surface area contributed by atoms with Crippen molar-refractivity contribution in [1.29, 1.82) is 0 Å². The van der Waals surface area contributed by atoms with Crippen molar-refractivity contribution in [2.24, 2.45) is 5.84 Å². The summed E-state index contributed by atoms with van der Waals surface area (Å²) in [6, 6.07) is 0.323. The number of carbonyl (C=O) groups is 1. The SMILES string of the molecule is CC(C)(C)OC(=O)N1CCC(NN)CC1.Cl. The summed E-state index contributed by atoms with van der Waals surface area (Å²) in [4.78, 5) is 13.4. The number of carbonyl (C=O) groups excluding carboxylic acids is 1. The second kappa shape index (κ2) is 6.27. The maximum atomic E-state index is 11.7. The van der Waals surface area contributed by atoms with Gasteiger partial charge in [0.1, 0.15) is 5.60 Å². The molecule has 6 heteroatoms. The van der Waals surface area contributed by atoms with Gasteiger partial charge in [-0.3, -0.25) is 11.3 Å². The molecule has 5 nitrogen and oxygen atoms in total. The van der Waals surface area contributed by atoms with Crippen molar-refractivity contribution >= 4 is 18.5 Å². The summed E-state index contributed by atoms with van der Waals surface area (Å²) in [6.45, 7) is 7.05. The lowest BCUT2D eigenvalue weighted by Crippen LogP contribution is -2.48. The minimum absolute atomic E-state index is 0. The van der Waals surface area contributed by atoms with Crippen LogP contribution in [0.5, 0.6) is 0 Å². The lowest BCUT2D eigenvalue weighted by Gasteiger charge is -2.33. The molecule has 0 aromatic rings. The summed E-state index contributed by atoms with van der Waals surface area (Å²) in [7, 11) is 0. The largest absolute Gasteiger partial charge is 0.444 e. The molecule has 0 aromatic carbocycles. The Morgan fingerprint density at radius 2 is 1.88 bits per heavy atom. The molecule has 0 radical (unpaired) electrons. The molecular formula is C10H22ClN3O2. The van der Waals surface area contributed by atoms with Crippen molar-refractivity contribution in [2.45, 2.75) is 45.3 Å². The molecule has 1 aliphatic heterocycles. The van der Waals surface area contributed by atoms with Gasteiger partial charge in [-0.15, -0.1) is 12.4 Å². The fourth-order valence-corrected chi connectivity index (χ4v) is 1.56. The predicted molar refractivity (Wildman–Crippen MR) is 65.4 cm³/mol. The monoisotopic (exact) mass is 251 g/mol. The Hall–Kier alpha value is -0.520. The third-order valence-electron chi connectivity index (χ3n) is 2.38. The zero-order valence-corrected chi connectivity index (χ0v) is 11.0. The highest BCUT2D eigenvalue weighted by molar-refractivity contribution is 5.85. The average Bonchev–Trinajstić information content (AvgIpc) is 2.15. The highest BCUT2D eigenvalue weighted by Crippen LogP contribution is 2.14. The van der Waals surface area contributed by atoms with Gasteiger partial charge in [0.05, 0.1) is 0 Å². The van der Waals surface area contributed by atoms with E-state index in [1.807, 2.05) is 20.8 Å². The smallest absolute Gasteiger partial charge is 0.410 e. The van der Waals surface area contributed by atoms with Crippen molar-refractivity contribution in [3.05, 3.63) is 0 Å². The van der Waals surface area contributed by atoms with Gasteiger partial charge in [-0.2, -0.15) is 0 Å². The number of likely N-dealkylation sites (tertiary alicyclic amines) is 1. The Balaban J connectivity index is 0.00000225. The number of nitrogens with two attached hydrogens (primary N) is 1. The number of rotatable bonds is 1. The summed E-state index contributed by atoms with van der Waals surface area (Å²) >= 11 is 0. The van der Waals surface area contributed by atoms with Crippen LogP contribution in [0.25, 0.3) is 0 Å². The molecule has 1 saturated heterocycles. The van der Waals surface area contributed by atoms with Gasteiger partial charge in [0.2, 0.25) is 0 Å². The molecular weight excluding hydrogens is 230 g/mol. The number of hydrogen-bond donors (Lipinski definition) is 2. The number of ether oxygens (including phenoxy) is 1. The van der Waals surface area contributed by atoms with Crippen LogP contribution in [0.4, 0.5) is 4.79 Å². The number of hydrogen-bond acceptors (Lipinski definition) is 4. The summed E-state index contributed by atoms with van der Waals surface area (Å²) in [6.07, 6.45) is 1.55. The third-order valence-corrected chi connectivity index (χ3v) is 2.38. The van der Waals surface area contributed by atoms with Crippen LogP contribution < -0.4 is 11.3 Å². The number of hydrazine groups is 1. The van der Waals surface area contributed by atoms with Gasteiger partial charge in [-0.1, -0.05) is 0 Å². The number of nitrogens with one attached hydrogen (secondary N) is 1. The van der Waals surface area contributed by atoms with Gasteiger partial charge in [0, 0.05) is 19.1 Å². The second-order valence-electron chi connectivity index (χ2n) is 4.91. The third kappa shape index (κ3) is 5.01. The summed E-state index contributed by atoms with van der Waals surface area (Å²) < 4.78 is 5.28. The first-order valence-corrected chi connectivity index (χ1v) is 5.36. The van der Waals surface area contributed by atoms with Crippen LogP contribution in [0.15, 0.2) is 0 Å². The van der Waals surface area contributed by atoms with Crippen LogP contribution in [-0.2, 0) is 4.74 Å². The summed E-state index contributed by atoms with van der Waals surface area (Å²) in [5.41, 5.74) is 2.32. The molecule has 1 fully saturated rings. The molecule has 0 aromatic heterocycles. The van der Waals surface area contributed by atoms with Crippen LogP contribution in [0.3, 0.4) is 0 Å². The Morgan fingerprint density at radius 3 is 2.25 bits per heavy atom. The van der Waals surface area contributed by atoms with E-state index >= 15 is 0 Å². The highest BCUT2D eigenvalue weighted by atomic mass is 35.5. The van der Waals surface area contributed by atoms with E-state index in [1.54, 1.807) is 4.90 Å². The van der Waals surface area contributed by atoms with Crippen molar-refractivity contribution in [2.75, 3.05) is 13.1 Å². The molecule has 1 aliphatic rings. The molecule has 1 heterocycles. The molecule has 0 spiro atoms. The van der Waals surface area contributed by atoms with Crippen molar-refractivity contribution in [3.8, 4) is 0 Å². The van der Waals surface area contributed by atoms with E-state index < -0.39 is 5.60 Å². The Morgan fingerprint density at radius 1 is 1.38 bits per heavy atom. The van der Waals surface area contributed by atoms with E-state index in [-0.39, 0.29) is 18.5 Å². The van der Waals surface area contributed by atoms with Crippen molar-refractivity contribution in [1.82, 2.24) is 10.3 Å². The van der Waals surface area contributed by atoms with E-state index in [9.17, 15) is 4.79 Å². The van der Waals surface area contributed by atoms with Crippen molar-refractivity contribution in [3.63, 3.8) is 0 Å². The number of halogens is 1. The van der Waals surface area contributed by atoms with Crippen LogP contribution in [0.2, 0.25) is 0 Å². The van der Waals surface area contributed by atoms with Gasteiger partial charge in [0.25, 0.3) is 0 Å². The normalized spacial score (nSPS) is 17.9. The van der Waals surface area contributed by atoms with Crippen LogP contribution in [-0.4, -0.2) is 35.7 Å². The Kier molecular flexibility index (Phi) is 6.07. The fraction of sp³-hybridized carbons (Fsp3) is 0.900. The first-order chi connectivity index (χ1) is 6.92. The fourth-order valence-electron chi connectivity index (χ4n) is 1.56. The Labute approximate surface area is 103 Å². The number of nitrogens with zero attached hydrogens (tertiary/aromatic N) is 1. The quantitative estimate of drug-likeness (QED) is 0.544. The lowest BCUT2D eigenvalue weighted by molar-refractivity contribution is 0.0198. The van der Waals surface area contributed by atoms with Crippen LogP contribution in [0, 0.1) is 0 Å². The van der Waals surface area contributed by atoms with Gasteiger partial charge >= 0.3 is 6.09 Å². The van der Waals surface area contributed by atoms with Crippen LogP contribution in [0.1, 0.15) is 33.6 Å². The molecule has 0 aliphatic carbocycles. The van der Waals surface area contributed by atoms with Crippen molar-refractivity contribution < 1.29 is 9.53 Å². The lowest BCUT2D eigenvalue weighted by atomic mass is 10.1. The van der Waals surface area contributed by atoms with Gasteiger partial charge in [0.15, 0.2) is 0 Å². The van der Waals surface area contributed by atoms with Gasteiger partial charge in [-0.05, 0) is 33.6 Å². The van der Waals surface area contributed by atoms with Crippen LogP contribution >= 0.6 is 12.4 Å². The highest BCUT2D eigenvalue weighted by Gasteiger charge is 2.26. The molecule has 3 N–H and O–H groups in total. The van der Waals surface area contributed by atoms with E-state index in [1.165, 1.54) is 0 Å². The molecule has 0 saturated carbocycles. The molecule has 0 bridgehead atoms. The molecule has 1 rings (SSSR count). The number of amides is 1. The van der Waals surface area contributed by atoms with E-state index in [0.717, 1.165) is 12.8 Å². The zero-order chi connectivity index (χ0) is 11.5. The predicted octanol–water partition coefficient (Wildman–Crippen LogP) is 1.27. The minimum Gasteiger partial charge on any atom is -0.444 e. The summed E-state index contributed by atoms with van der Waals surface area (Å²) in [5, 5.41) is 0. The maximum absolute atomic E-state index is 11.7. The molecule has 1 amide bonds. The Bertz CT molecular complexity index is 223. The average molecular weight is 252 g/mol. The van der Waals surface area contributed by atoms with E-state index in [4.69, 9.17) is 10.6 Å². The van der Waals surface area contributed by atoms with Gasteiger partial charge < -0.3 is 9.64 Å². The zero-order valence-electron chi connectivity index (χ0n) is 10.2. The molecule has 96 valence electrons. The standard InChI is InChI=1S/C10H21N3O2.ClH/c1-10(2,3)15-9(14)13-6-4-8(12-11)5-7-13;/h8,12H,4-7,11H2,1-3H3;1H. The van der Waals surface area contributed by atoms with Gasteiger partial charge in [-0.25, -0.2) is 4.79 Å². The molecule has 0 atom stereocenters. The first kappa shape index (κ1) is 15.5. The topological polar surface area (TPSA) is 67.6 Å². The molecule has 0 unspecified atom stereocenters. The first-order valence-electron chi connectivity index (χ1n) is 5.36. The minimum atomic E-state index is -0.417. The molecule has 16 heavy (non-hydrogen) atoms.